The van der Waals surface area contributed by atoms with Crippen LogP contribution in [0, 0.1) is 11.3 Å². The molecule has 1 aromatic carbocycles. The van der Waals surface area contributed by atoms with Crippen molar-refractivity contribution in [1.82, 2.24) is 9.78 Å². The molecule has 0 aliphatic carbocycles. The van der Waals surface area contributed by atoms with Gasteiger partial charge in [-0.15, -0.1) is 0 Å². The molecule has 0 spiro atoms. The van der Waals surface area contributed by atoms with E-state index in [4.69, 9.17) is 0 Å². The first-order chi connectivity index (χ1) is 12.8. The molecule has 3 rings (SSSR count). The number of hydrogen-bond donors (Lipinski definition) is 2. The molecule has 1 aliphatic heterocycles. The fraction of sp³-hybridized carbons (Fsp3) is 0.167. The minimum absolute atomic E-state index is 0.0393. The number of amides is 1. The van der Waals surface area contributed by atoms with Crippen molar-refractivity contribution in [3.63, 3.8) is 0 Å². The van der Waals surface area contributed by atoms with Crippen LogP contribution in [0.2, 0.25) is 0 Å². The number of nitriles is 1. The van der Waals surface area contributed by atoms with Crippen LogP contribution in [0.25, 0.3) is 5.57 Å². The summed E-state index contributed by atoms with van der Waals surface area (Å²) in [5.74, 6) is -2.09. The highest BCUT2D eigenvalue weighted by Crippen LogP contribution is 2.30. The number of rotatable bonds is 4. The number of aromatic amines is 1. The fourth-order valence-electron chi connectivity index (χ4n) is 2.85. The van der Waals surface area contributed by atoms with E-state index >= 15 is 0 Å². The lowest BCUT2D eigenvalue weighted by Gasteiger charge is -2.12. The second-order valence-corrected chi connectivity index (χ2v) is 6.10. The van der Waals surface area contributed by atoms with Crippen LogP contribution in [0.4, 0.5) is 5.69 Å². The topological polar surface area (TPSA) is 132 Å². The van der Waals surface area contributed by atoms with E-state index in [2.05, 4.69) is 10.1 Å². The van der Waals surface area contributed by atoms with Crippen LogP contribution in [-0.4, -0.2) is 46.6 Å². The molecule has 1 aromatic heterocycles. The highest BCUT2D eigenvalue weighted by atomic mass is 16.4. The first-order valence-electron chi connectivity index (χ1n) is 7.84. The lowest BCUT2D eigenvalue weighted by molar-refractivity contribution is -0.112. The van der Waals surface area contributed by atoms with Crippen LogP contribution in [0.1, 0.15) is 21.6 Å². The molecule has 1 aliphatic rings. The van der Waals surface area contributed by atoms with Gasteiger partial charge in [-0.1, -0.05) is 12.1 Å². The Labute approximate surface area is 153 Å². The van der Waals surface area contributed by atoms with E-state index in [1.807, 2.05) is 25.1 Å². The summed E-state index contributed by atoms with van der Waals surface area (Å²) in [6.07, 6.45) is 0. The summed E-state index contributed by atoms with van der Waals surface area (Å²) < 4.78 is 0.963. The van der Waals surface area contributed by atoms with Crippen molar-refractivity contribution in [3.05, 3.63) is 57.0 Å². The highest BCUT2D eigenvalue weighted by molar-refractivity contribution is 6.40. The zero-order chi connectivity index (χ0) is 19.9. The van der Waals surface area contributed by atoms with Gasteiger partial charge in [0.05, 0.1) is 11.1 Å². The van der Waals surface area contributed by atoms with Crippen LogP contribution < -0.4 is 10.5 Å². The zero-order valence-corrected chi connectivity index (χ0v) is 14.8. The number of nitrogens with zero attached hydrogens (tertiary/aromatic N) is 4. The molecular weight excluding hydrogens is 350 g/mol. The molecule has 9 nitrogen and oxygen atoms in total. The van der Waals surface area contributed by atoms with Crippen LogP contribution in [0.5, 0.6) is 0 Å². The Kier molecular flexibility index (Phi) is 4.25. The number of hydrogen-bond acceptors (Lipinski definition) is 5. The van der Waals surface area contributed by atoms with Crippen molar-refractivity contribution in [3.8, 4) is 6.07 Å². The molecular formula is C18H15N5O4. The maximum atomic E-state index is 12.5. The average Bonchev–Trinajstić information content (AvgIpc) is 3.11. The van der Waals surface area contributed by atoms with Gasteiger partial charge in [0.25, 0.3) is 11.5 Å². The maximum Gasteiger partial charge on any atom is 0.354 e. The van der Waals surface area contributed by atoms with Crippen molar-refractivity contribution in [2.24, 2.45) is 12.0 Å². The molecule has 0 saturated heterocycles. The monoisotopic (exact) mass is 365 g/mol. The molecule has 2 heterocycles. The van der Waals surface area contributed by atoms with Gasteiger partial charge in [-0.25, -0.2) is 9.79 Å². The summed E-state index contributed by atoms with van der Waals surface area (Å²) in [6, 6.07) is 8.80. The quantitative estimate of drug-likeness (QED) is 0.823. The van der Waals surface area contributed by atoms with Crippen molar-refractivity contribution in [2.75, 3.05) is 19.0 Å². The second-order valence-electron chi connectivity index (χ2n) is 6.10. The molecule has 1 amide bonds. The van der Waals surface area contributed by atoms with E-state index in [9.17, 15) is 24.8 Å². The summed E-state index contributed by atoms with van der Waals surface area (Å²) in [5.41, 5.74) is -0.374. The van der Waals surface area contributed by atoms with Gasteiger partial charge in [-0.05, 0) is 17.7 Å². The summed E-state index contributed by atoms with van der Waals surface area (Å²) in [7, 11) is 5.07. The number of carboxylic acid groups (broad SMARTS) is 1. The first-order valence-corrected chi connectivity index (χ1v) is 7.84. The number of carbonyl (C=O) groups excluding carboxylic acids is 1. The van der Waals surface area contributed by atoms with Gasteiger partial charge >= 0.3 is 5.97 Å². The van der Waals surface area contributed by atoms with Gasteiger partial charge in [-0.3, -0.25) is 19.4 Å². The van der Waals surface area contributed by atoms with E-state index in [0.717, 1.165) is 10.4 Å². The molecule has 2 N–H and O–H groups in total. The third kappa shape index (κ3) is 2.83. The third-order valence-electron chi connectivity index (χ3n) is 4.20. The van der Waals surface area contributed by atoms with Gasteiger partial charge in [0, 0.05) is 26.8 Å². The van der Waals surface area contributed by atoms with Crippen molar-refractivity contribution < 1.29 is 14.7 Å². The Bertz CT molecular complexity index is 1120. The number of allylic oxidation sites excluding steroid dienone is 1. The van der Waals surface area contributed by atoms with Crippen molar-refractivity contribution in [2.45, 2.75) is 0 Å². The minimum Gasteiger partial charge on any atom is -0.477 e. The Morgan fingerprint density at radius 1 is 1.26 bits per heavy atom. The molecule has 0 fully saturated rings. The van der Waals surface area contributed by atoms with Gasteiger partial charge in [0.1, 0.15) is 17.3 Å². The molecule has 0 bridgehead atoms. The third-order valence-corrected chi connectivity index (χ3v) is 4.20. The van der Waals surface area contributed by atoms with Crippen LogP contribution >= 0.6 is 0 Å². The molecule has 2 aromatic rings. The maximum absolute atomic E-state index is 12.5. The van der Waals surface area contributed by atoms with E-state index in [-0.39, 0.29) is 22.4 Å². The standard InChI is InChI=1S/C18H15N5O4/c1-22(2)10-6-4-9(5-7-10)12-11(8-19)14(20-16(12)24)13-15(18(26)27)21-23(3)17(13)25/h4-7,21H,1-3H3,(H,26,27). The van der Waals surface area contributed by atoms with Gasteiger partial charge in [0.2, 0.25) is 0 Å². The predicted molar refractivity (Wildman–Crippen MR) is 97.8 cm³/mol. The van der Waals surface area contributed by atoms with Gasteiger partial charge < -0.3 is 10.0 Å². The van der Waals surface area contributed by atoms with E-state index in [0.29, 0.717) is 5.56 Å². The van der Waals surface area contributed by atoms with Crippen molar-refractivity contribution >= 4 is 28.8 Å². The number of aryl methyl sites for hydroxylation is 1. The van der Waals surface area contributed by atoms with E-state index < -0.39 is 23.1 Å². The number of benzene rings is 1. The second kappa shape index (κ2) is 6.42. The largest absolute Gasteiger partial charge is 0.477 e. The van der Waals surface area contributed by atoms with Gasteiger partial charge in [0.15, 0.2) is 5.69 Å². The van der Waals surface area contributed by atoms with Crippen LogP contribution in [-0.2, 0) is 11.8 Å². The lowest BCUT2D eigenvalue weighted by atomic mass is 9.96. The number of anilines is 1. The molecule has 9 heteroatoms. The number of aromatic carboxylic acids is 1. The smallest absolute Gasteiger partial charge is 0.354 e. The number of nitrogens with one attached hydrogen (secondary N) is 1. The number of H-pyrrole nitrogens is 1. The number of carboxylic acids is 1. The SMILES string of the molecule is CN(C)c1ccc(C2=C(C#N)C(c3c(C(=O)O)[nH]n(C)c3=O)=NC2=O)cc1. The van der Waals surface area contributed by atoms with Crippen LogP contribution in [0.15, 0.2) is 39.6 Å². The lowest BCUT2D eigenvalue weighted by Crippen LogP contribution is -2.20. The van der Waals surface area contributed by atoms with Gasteiger partial charge in [-0.2, -0.15) is 5.26 Å². The summed E-state index contributed by atoms with van der Waals surface area (Å²) in [6.45, 7) is 0. The Morgan fingerprint density at radius 3 is 2.41 bits per heavy atom. The van der Waals surface area contributed by atoms with Crippen LogP contribution in [0.3, 0.4) is 0 Å². The minimum atomic E-state index is -1.39. The predicted octanol–water partition coefficient (Wildman–Crippen LogP) is 0.784. The zero-order valence-electron chi connectivity index (χ0n) is 14.8. The Balaban J connectivity index is 2.20. The average molecular weight is 365 g/mol. The molecule has 0 radical (unpaired) electrons. The summed E-state index contributed by atoms with van der Waals surface area (Å²) >= 11 is 0. The molecule has 27 heavy (non-hydrogen) atoms. The number of aliphatic imine (C=N–C) groups is 1. The fourth-order valence-corrected chi connectivity index (χ4v) is 2.85. The first kappa shape index (κ1) is 17.9. The Hall–Kier alpha value is -3.93. The number of aromatic nitrogens is 2. The highest BCUT2D eigenvalue weighted by Gasteiger charge is 2.34. The summed E-state index contributed by atoms with van der Waals surface area (Å²) in [4.78, 5) is 42.0. The molecule has 136 valence electrons. The summed E-state index contributed by atoms with van der Waals surface area (Å²) in [5, 5.41) is 21.3. The van der Waals surface area contributed by atoms with E-state index in [1.165, 1.54) is 7.05 Å². The molecule has 0 saturated carbocycles. The Morgan fingerprint density at radius 2 is 1.89 bits per heavy atom. The van der Waals surface area contributed by atoms with E-state index in [1.54, 1.807) is 24.3 Å². The van der Waals surface area contributed by atoms with Crippen molar-refractivity contribution in [1.29, 1.82) is 5.26 Å². The molecule has 0 atom stereocenters. The molecule has 0 unspecified atom stereocenters. The number of carbonyl (C=O) groups is 2. The normalized spacial score (nSPS) is 13.6.